The van der Waals surface area contributed by atoms with E-state index in [1.165, 1.54) is 6.07 Å². The molecule has 0 saturated carbocycles. The van der Waals surface area contributed by atoms with Gasteiger partial charge in [-0.25, -0.2) is 13.6 Å². The monoisotopic (exact) mass is 384 g/mol. The van der Waals surface area contributed by atoms with Gasteiger partial charge in [-0.15, -0.1) is 0 Å². The van der Waals surface area contributed by atoms with Crippen molar-refractivity contribution in [3.63, 3.8) is 0 Å². The van der Waals surface area contributed by atoms with E-state index in [0.29, 0.717) is 37.6 Å². The van der Waals surface area contributed by atoms with Crippen LogP contribution in [0.4, 0.5) is 13.6 Å². The minimum Gasteiger partial charge on any atom is -0.444 e. The molecule has 152 valence electrons. The van der Waals surface area contributed by atoms with Crippen LogP contribution < -0.4 is 16.0 Å². The number of alkyl carbamates (subject to hydrolysis) is 1. The summed E-state index contributed by atoms with van der Waals surface area (Å²) in [4.78, 5) is 15.6. The lowest BCUT2D eigenvalue weighted by atomic mass is 10.0. The highest BCUT2D eigenvalue weighted by molar-refractivity contribution is 5.79. The Kier molecular flexibility index (Phi) is 8.97. The highest BCUT2D eigenvalue weighted by Crippen LogP contribution is 2.17. The van der Waals surface area contributed by atoms with Crippen LogP contribution in [0.3, 0.4) is 0 Å². The standard InChI is InChI=1S/C19H30F2N4O2/c1-13(14-7-8-15(20)16(21)11-14)12-25-17(22-5)23-9-6-10-24-18(26)27-19(2,3)4/h7-8,11,13H,6,9-10,12H2,1-5H3,(H,24,26)(H2,22,23,25). The number of ether oxygens (including phenoxy) is 1. The number of nitrogens with zero attached hydrogens (tertiary/aromatic N) is 1. The smallest absolute Gasteiger partial charge is 0.407 e. The van der Waals surface area contributed by atoms with Gasteiger partial charge in [-0.2, -0.15) is 0 Å². The molecule has 0 aliphatic rings. The normalized spacial score (nSPS) is 13.1. The molecule has 0 fully saturated rings. The molecule has 0 aromatic heterocycles. The Labute approximate surface area is 159 Å². The maximum atomic E-state index is 13.3. The molecule has 0 bridgehead atoms. The second-order valence-corrected chi connectivity index (χ2v) is 7.24. The van der Waals surface area contributed by atoms with Crippen molar-refractivity contribution < 1.29 is 18.3 Å². The van der Waals surface area contributed by atoms with Crippen LogP contribution in [0.2, 0.25) is 0 Å². The predicted molar refractivity (Wildman–Crippen MR) is 103 cm³/mol. The highest BCUT2D eigenvalue weighted by Gasteiger charge is 2.15. The van der Waals surface area contributed by atoms with Crippen molar-refractivity contribution in [2.24, 2.45) is 4.99 Å². The van der Waals surface area contributed by atoms with E-state index < -0.39 is 23.3 Å². The summed E-state index contributed by atoms with van der Waals surface area (Å²) in [6.45, 7) is 8.94. The fraction of sp³-hybridized carbons (Fsp3) is 0.579. The summed E-state index contributed by atoms with van der Waals surface area (Å²) < 4.78 is 31.5. The lowest BCUT2D eigenvalue weighted by Crippen LogP contribution is -2.40. The summed E-state index contributed by atoms with van der Waals surface area (Å²) in [5, 5.41) is 8.96. The van der Waals surface area contributed by atoms with Gasteiger partial charge in [-0.1, -0.05) is 13.0 Å². The summed E-state index contributed by atoms with van der Waals surface area (Å²) >= 11 is 0. The van der Waals surface area contributed by atoms with Crippen LogP contribution in [0.25, 0.3) is 0 Å². The summed E-state index contributed by atoms with van der Waals surface area (Å²) in [7, 11) is 1.65. The summed E-state index contributed by atoms with van der Waals surface area (Å²) in [5.41, 5.74) is 0.191. The highest BCUT2D eigenvalue weighted by atomic mass is 19.2. The molecule has 1 amide bonds. The topological polar surface area (TPSA) is 74.8 Å². The molecule has 8 heteroatoms. The van der Waals surface area contributed by atoms with Gasteiger partial charge in [0.2, 0.25) is 0 Å². The zero-order valence-corrected chi connectivity index (χ0v) is 16.7. The molecule has 6 nitrogen and oxygen atoms in total. The van der Waals surface area contributed by atoms with Crippen LogP contribution in [-0.4, -0.2) is 44.3 Å². The number of carbonyl (C=O) groups excluding carboxylic acids is 1. The first kappa shape index (κ1) is 22.7. The van der Waals surface area contributed by atoms with Gasteiger partial charge >= 0.3 is 6.09 Å². The molecule has 0 aliphatic carbocycles. The van der Waals surface area contributed by atoms with E-state index >= 15 is 0 Å². The van der Waals surface area contributed by atoms with Crippen molar-refractivity contribution >= 4 is 12.1 Å². The number of carbonyl (C=O) groups is 1. The first-order valence-electron chi connectivity index (χ1n) is 8.98. The average molecular weight is 384 g/mol. The van der Waals surface area contributed by atoms with Crippen molar-refractivity contribution in [1.82, 2.24) is 16.0 Å². The average Bonchev–Trinajstić information content (AvgIpc) is 2.57. The number of amides is 1. The molecule has 1 unspecified atom stereocenters. The molecule has 1 rings (SSSR count). The van der Waals surface area contributed by atoms with Crippen LogP contribution in [-0.2, 0) is 4.74 Å². The Balaban J connectivity index is 2.28. The fourth-order valence-corrected chi connectivity index (χ4v) is 2.21. The zero-order valence-electron chi connectivity index (χ0n) is 16.7. The second kappa shape index (κ2) is 10.7. The van der Waals surface area contributed by atoms with Crippen LogP contribution in [0, 0.1) is 11.6 Å². The number of hydrogen-bond acceptors (Lipinski definition) is 3. The Morgan fingerprint density at radius 2 is 1.81 bits per heavy atom. The first-order valence-corrected chi connectivity index (χ1v) is 8.98. The third kappa shape index (κ3) is 9.21. The van der Waals surface area contributed by atoms with Crippen molar-refractivity contribution in [1.29, 1.82) is 0 Å². The van der Waals surface area contributed by atoms with E-state index in [1.54, 1.807) is 13.1 Å². The van der Waals surface area contributed by atoms with Gasteiger partial charge in [-0.05, 0) is 50.8 Å². The maximum Gasteiger partial charge on any atom is 0.407 e. The fourth-order valence-electron chi connectivity index (χ4n) is 2.21. The van der Waals surface area contributed by atoms with Crippen molar-refractivity contribution in [3.05, 3.63) is 35.4 Å². The van der Waals surface area contributed by atoms with Crippen molar-refractivity contribution in [3.8, 4) is 0 Å². The lowest BCUT2D eigenvalue weighted by molar-refractivity contribution is 0.0527. The van der Waals surface area contributed by atoms with E-state index in [0.717, 1.165) is 6.07 Å². The Morgan fingerprint density at radius 1 is 1.15 bits per heavy atom. The quantitative estimate of drug-likeness (QED) is 0.384. The molecule has 27 heavy (non-hydrogen) atoms. The van der Waals surface area contributed by atoms with E-state index in [-0.39, 0.29) is 5.92 Å². The van der Waals surface area contributed by atoms with Gasteiger partial charge in [0.15, 0.2) is 17.6 Å². The lowest BCUT2D eigenvalue weighted by Gasteiger charge is -2.19. The first-order chi connectivity index (χ1) is 12.6. The zero-order chi connectivity index (χ0) is 20.4. The number of aliphatic imine (C=N–C) groups is 1. The van der Waals surface area contributed by atoms with Crippen LogP contribution in [0.1, 0.15) is 45.6 Å². The molecule has 0 saturated heterocycles. The van der Waals surface area contributed by atoms with Gasteiger partial charge in [0.1, 0.15) is 5.60 Å². The predicted octanol–water partition coefficient (Wildman–Crippen LogP) is 3.15. The minimum absolute atomic E-state index is 0.0208. The van der Waals surface area contributed by atoms with Gasteiger partial charge in [0.25, 0.3) is 0 Å². The second-order valence-electron chi connectivity index (χ2n) is 7.24. The molecule has 1 aromatic carbocycles. The maximum absolute atomic E-state index is 13.3. The number of benzene rings is 1. The molecular formula is C19H30F2N4O2. The number of nitrogens with one attached hydrogen (secondary N) is 3. The largest absolute Gasteiger partial charge is 0.444 e. The van der Waals surface area contributed by atoms with E-state index in [2.05, 4.69) is 20.9 Å². The van der Waals surface area contributed by atoms with Crippen molar-refractivity contribution in [2.75, 3.05) is 26.7 Å². The Hall–Kier alpha value is -2.38. The van der Waals surface area contributed by atoms with E-state index in [9.17, 15) is 13.6 Å². The van der Waals surface area contributed by atoms with Crippen LogP contribution >= 0.6 is 0 Å². The third-order valence-electron chi connectivity index (χ3n) is 3.63. The summed E-state index contributed by atoms with van der Waals surface area (Å²) in [6, 6.07) is 3.91. The minimum atomic E-state index is -0.851. The van der Waals surface area contributed by atoms with Gasteiger partial charge in [0, 0.05) is 26.7 Å². The van der Waals surface area contributed by atoms with E-state index in [1.807, 2.05) is 27.7 Å². The molecule has 0 heterocycles. The number of guanidine groups is 1. The Bertz CT molecular complexity index is 645. The SMILES string of the molecule is CN=C(NCCCNC(=O)OC(C)(C)C)NCC(C)c1ccc(F)c(F)c1. The van der Waals surface area contributed by atoms with Gasteiger partial charge in [-0.3, -0.25) is 4.99 Å². The van der Waals surface area contributed by atoms with E-state index in [4.69, 9.17) is 4.74 Å². The molecule has 0 radical (unpaired) electrons. The molecule has 0 spiro atoms. The molecule has 1 aromatic rings. The van der Waals surface area contributed by atoms with Crippen molar-refractivity contribution in [2.45, 2.75) is 45.6 Å². The molecule has 1 atom stereocenters. The molecular weight excluding hydrogens is 354 g/mol. The third-order valence-corrected chi connectivity index (χ3v) is 3.63. The Morgan fingerprint density at radius 3 is 2.41 bits per heavy atom. The molecule has 3 N–H and O–H groups in total. The number of hydrogen-bond donors (Lipinski definition) is 3. The number of halogens is 2. The summed E-state index contributed by atoms with van der Waals surface area (Å²) in [5.74, 6) is -1.12. The number of rotatable bonds is 7. The van der Waals surface area contributed by atoms with Crippen LogP contribution in [0.15, 0.2) is 23.2 Å². The van der Waals surface area contributed by atoms with Crippen LogP contribution in [0.5, 0.6) is 0 Å². The van der Waals surface area contributed by atoms with Gasteiger partial charge < -0.3 is 20.7 Å². The summed E-state index contributed by atoms with van der Waals surface area (Å²) in [6.07, 6.45) is 0.254. The molecule has 0 aliphatic heterocycles. The van der Waals surface area contributed by atoms with Gasteiger partial charge in [0.05, 0.1) is 0 Å².